The molecule has 0 bridgehead atoms. The van der Waals surface area contributed by atoms with Crippen LogP contribution in [-0.2, 0) is 10.2 Å². The van der Waals surface area contributed by atoms with Gasteiger partial charge in [-0.25, -0.2) is 0 Å². The fourth-order valence-corrected chi connectivity index (χ4v) is 3.92. The van der Waals surface area contributed by atoms with Gasteiger partial charge in [-0.1, -0.05) is 19.8 Å². The molecule has 0 spiro atoms. The summed E-state index contributed by atoms with van der Waals surface area (Å²) in [5, 5.41) is 7.07. The number of carbonyl (C=O) groups is 1. The Morgan fingerprint density at radius 3 is 2.50 bits per heavy atom. The van der Waals surface area contributed by atoms with Crippen molar-refractivity contribution in [3.8, 4) is 0 Å². The molecule has 5 nitrogen and oxygen atoms in total. The number of hydrogen-bond acceptors (Lipinski definition) is 4. The summed E-state index contributed by atoms with van der Waals surface area (Å²) in [5.41, 5.74) is 4.94. The zero-order valence-electron chi connectivity index (χ0n) is 15.7. The first kappa shape index (κ1) is 16.9. The van der Waals surface area contributed by atoms with Crippen molar-refractivity contribution in [3.63, 3.8) is 0 Å². The van der Waals surface area contributed by atoms with Crippen LogP contribution in [0, 0.1) is 0 Å². The zero-order chi connectivity index (χ0) is 18.3. The van der Waals surface area contributed by atoms with E-state index in [1.807, 2.05) is 30.9 Å². The quantitative estimate of drug-likeness (QED) is 0.783. The van der Waals surface area contributed by atoms with Crippen LogP contribution < -0.4 is 15.5 Å². The Kier molecular flexibility index (Phi) is 4.10. The lowest BCUT2D eigenvalue weighted by Gasteiger charge is -2.20. The van der Waals surface area contributed by atoms with E-state index in [-0.39, 0.29) is 12.1 Å². The minimum atomic E-state index is -0.479. The Morgan fingerprint density at radius 1 is 1.12 bits per heavy atom. The predicted molar refractivity (Wildman–Crippen MR) is 106 cm³/mol. The van der Waals surface area contributed by atoms with Crippen LogP contribution in [0.3, 0.4) is 0 Å². The number of carbonyl (C=O) groups excluding carboxylic acids is 1. The van der Waals surface area contributed by atoms with Gasteiger partial charge in [0.15, 0.2) is 0 Å². The number of pyridine rings is 1. The van der Waals surface area contributed by atoms with E-state index in [1.165, 1.54) is 0 Å². The predicted octanol–water partition coefficient (Wildman–Crippen LogP) is 4.43. The van der Waals surface area contributed by atoms with Crippen molar-refractivity contribution >= 4 is 23.0 Å². The normalized spacial score (nSPS) is 19.7. The topological polar surface area (TPSA) is 57.3 Å². The van der Waals surface area contributed by atoms with Gasteiger partial charge in [-0.3, -0.25) is 9.78 Å². The highest BCUT2D eigenvalue weighted by Gasteiger charge is 2.44. The molecule has 0 radical (unpaired) electrons. The first-order chi connectivity index (χ1) is 12.5. The minimum Gasteiger partial charge on any atom is -0.360 e. The van der Waals surface area contributed by atoms with Crippen molar-refractivity contribution in [1.29, 1.82) is 0 Å². The van der Waals surface area contributed by atoms with Gasteiger partial charge < -0.3 is 15.5 Å². The largest absolute Gasteiger partial charge is 0.360 e. The van der Waals surface area contributed by atoms with Crippen molar-refractivity contribution < 1.29 is 4.79 Å². The van der Waals surface area contributed by atoms with Crippen molar-refractivity contribution in [3.05, 3.63) is 47.8 Å². The SMILES string of the molecule is CCCCCN1C(=O)C(C)(C)c2cc3c(cc21)NC(c1ccncc1)N3. The molecule has 0 fully saturated rings. The van der Waals surface area contributed by atoms with Crippen LogP contribution in [-0.4, -0.2) is 17.4 Å². The summed E-state index contributed by atoms with van der Waals surface area (Å²) >= 11 is 0. The van der Waals surface area contributed by atoms with Crippen molar-refractivity contribution in [2.75, 3.05) is 22.1 Å². The summed E-state index contributed by atoms with van der Waals surface area (Å²) < 4.78 is 0. The molecule has 1 unspecified atom stereocenters. The van der Waals surface area contributed by atoms with Gasteiger partial charge in [-0.05, 0) is 55.7 Å². The molecule has 0 aliphatic carbocycles. The Balaban J connectivity index is 1.66. The molecule has 2 N–H and O–H groups in total. The van der Waals surface area contributed by atoms with E-state index < -0.39 is 5.41 Å². The van der Waals surface area contributed by atoms with Gasteiger partial charge in [0, 0.05) is 18.9 Å². The molecule has 1 amide bonds. The molecule has 136 valence electrons. The number of anilines is 3. The van der Waals surface area contributed by atoms with E-state index in [0.717, 1.165) is 54.0 Å². The number of nitrogens with zero attached hydrogens (tertiary/aromatic N) is 2. The summed E-state index contributed by atoms with van der Waals surface area (Å²) in [6.45, 7) is 7.04. The molecule has 1 aromatic carbocycles. The average Bonchev–Trinajstić information content (AvgIpc) is 3.14. The van der Waals surface area contributed by atoms with Crippen molar-refractivity contribution in [2.45, 2.75) is 51.6 Å². The second-order valence-electron chi connectivity index (χ2n) is 7.71. The maximum absolute atomic E-state index is 13.0. The van der Waals surface area contributed by atoms with Gasteiger partial charge >= 0.3 is 0 Å². The third-order valence-corrected chi connectivity index (χ3v) is 5.50. The van der Waals surface area contributed by atoms with Crippen LogP contribution in [0.5, 0.6) is 0 Å². The van der Waals surface area contributed by atoms with Crippen LogP contribution in [0.2, 0.25) is 0 Å². The van der Waals surface area contributed by atoms with Crippen molar-refractivity contribution in [1.82, 2.24) is 4.98 Å². The van der Waals surface area contributed by atoms with E-state index in [1.54, 1.807) is 12.4 Å². The van der Waals surface area contributed by atoms with Crippen LogP contribution in [0.25, 0.3) is 0 Å². The first-order valence-electron chi connectivity index (χ1n) is 9.46. The number of fused-ring (bicyclic) bond motifs is 2. The van der Waals surface area contributed by atoms with Crippen LogP contribution in [0.4, 0.5) is 17.1 Å². The van der Waals surface area contributed by atoms with E-state index in [9.17, 15) is 4.79 Å². The molecular formula is C21H26N4O. The van der Waals surface area contributed by atoms with Gasteiger partial charge in [-0.15, -0.1) is 0 Å². The third kappa shape index (κ3) is 2.62. The molecule has 4 rings (SSSR count). The highest BCUT2D eigenvalue weighted by molar-refractivity contribution is 6.09. The second kappa shape index (κ2) is 6.31. The number of nitrogens with one attached hydrogen (secondary N) is 2. The molecule has 5 heteroatoms. The fourth-order valence-electron chi connectivity index (χ4n) is 3.92. The molecule has 2 aromatic rings. The smallest absolute Gasteiger partial charge is 0.237 e. The number of unbranched alkanes of at least 4 members (excludes halogenated alkanes) is 2. The molecule has 3 heterocycles. The molecule has 0 saturated carbocycles. The summed E-state index contributed by atoms with van der Waals surface area (Å²) in [7, 11) is 0. The van der Waals surface area contributed by atoms with Crippen molar-refractivity contribution in [2.24, 2.45) is 0 Å². The highest BCUT2D eigenvalue weighted by atomic mass is 16.2. The number of rotatable bonds is 5. The van der Waals surface area contributed by atoms with E-state index >= 15 is 0 Å². The van der Waals surface area contributed by atoms with Crippen LogP contribution in [0.1, 0.15) is 57.3 Å². The van der Waals surface area contributed by atoms with E-state index in [4.69, 9.17) is 0 Å². The van der Waals surface area contributed by atoms with Gasteiger partial charge in [0.05, 0.1) is 22.5 Å². The van der Waals surface area contributed by atoms with Gasteiger partial charge in [0.25, 0.3) is 0 Å². The molecule has 26 heavy (non-hydrogen) atoms. The maximum Gasteiger partial charge on any atom is 0.237 e. The molecule has 2 aliphatic rings. The Labute approximate surface area is 154 Å². The van der Waals surface area contributed by atoms with E-state index in [2.05, 4.69) is 34.7 Å². The van der Waals surface area contributed by atoms with E-state index in [0.29, 0.717) is 0 Å². The molecular weight excluding hydrogens is 324 g/mol. The summed E-state index contributed by atoms with van der Waals surface area (Å²) in [5.74, 6) is 0.206. The summed E-state index contributed by atoms with van der Waals surface area (Å²) in [6, 6.07) is 8.30. The van der Waals surface area contributed by atoms with Gasteiger partial charge in [-0.2, -0.15) is 0 Å². The maximum atomic E-state index is 13.0. The molecule has 0 saturated heterocycles. The number of hydrogen-bond donors (Lipinski definition) is 2. The summed E-state index contributed by atoms with van der Waals surface area (Å²) in [6.07, 6.45) is 6.98. The highest BCUT2D eigenvalue weighted by Crippen LogP contribution is 2.48. The minimum absolute atomic E-state index is 0.0304. The zero-order valence-corrected chi connectivity index (χ0v) is 15.7. The Morgan fingerprint density at radius 2 is 1.81 bits per heavy atom. The molecule has 1 atom stereocenters. The lowest BCUT2D eigenvalue weighted by molar-refractivity contribution is -0.122. The van der Waals surface area contributed by atoms with Crippen LogP contribution in [0.15, 0.2) is 36.7 Å². The first-order valence-corrected chi connectivity index (χ1v) is 9.46. The number of benzene rings is 1. The van der Waals surface area contributed by atoms with Gasteiger partial charge in [0.2, 0.25) is 5.91 Å². The third-order valence-electron chi connectivity index (χ3n) is 5.50. The molecule has 1 aromatic heterocycles. The van der Waals surface area contributed by atoms with Crippen LogP contribution >= 0.6 is 0 Å². The second-order valence-corrected chi connectivity index (χ2v) is 7.71. The average molecular weight is 350 g/mol. The lowest BCUT2D eigenvalue weighted by atomic mass is 9.86. The fraction of sp³-hybridized carbons (Fsp3) is 0.429. The number of aromatic nitrogens is 1. The Hall–Kier alpha value is -2.56. The monoisotopic (exact) mass is 350 g/mol. The number of amides is 1. The van der Waals surface area contributed by atoms with Gasteiger partial charge in [0.1, 0.15) is 6.17 Å². The summed E-state index contributed by atoms with van der Waals surface area (Å²) in [4.78, 5) is 19.0. The standard InChI is InChI=1S/C21H26N4O/c1-4-5-6-11-25-18-13-17-16(12-15(18)21(2,3)20(25)26)23-19(24-17)14-7-9-22-10-8-14/h7-10,12-13,19,23-24H,4-6,11H2,1-3H3. The lowest BCUT2D eigenvalue weighted by Crippen LogP contribution is -2.36. The Bertz CT molecular complexity index is 831. The molecule has 2 aliphatic heterocycles.